The second-order valence-corrected chi connectivity index (χ2v) is 5.27. The summed E-state index contributed by atoms with van der Waals surface area (Å²) in [6, 6.07) is 2.42. The van der Waals surface area contributed by atoms with Crippen molar-refractivity contribution in [3.8, 4) is 6.07 Å². The predicted molar refractivity (Wildman–Crippen MR) is 64.2 cm³/mol. The monoisotopic (exact) mass is 203 g/mol. The molecule has 0 spiro atoms. The van der Waals surface area contributed by atoms with E-state index in [2.05, 4.69) is 45.9 Å². The van der Waals surface area contributed by atoms with Crippen molar-refractivity contribution in [2.75, 3.05) is 0 Å². The van der Waals surface area contributed by atoms with E-state index < -0.39 is 0 Å². The van der Waals surface area contributed by atoms with Crippen molar-refractivity contribution in [2.24, 2.45) is 11.3 Å². The summed E-state index contributed by atoms with van der Waals surface area (Å²) in [7, 11) is 0. The maximum absolute atomic E-state index is 9.15. The summed E-state index contributed by atoms with van der Waals surface area (Å²) in [6.45, 7) is 8.78. The first-order valence-electron chi connectivity index (χ1n) is 5.78. The van der Waals surface area contributed by atoms with E-state index in [9.17, 15) is 0 Å². The lowest BCUT2D eigenvalue weighted by Gasteiger charge is -2.28. The van der Waals surface area contributed by atoms with E-state index in [0.29, 0.717) is 0 Å². The number of allylic oxidation sites excluding steroid dienone is 4. The normalized spacial score (nSPS) is 21.3. The molecule has 0 amide bonds. The van der Waals surface area contributed by atoms with Gasteiger partial charge in [0, 0.05) is 0 Å². The zero-order chi connectivity index (χ0) is 11.5. The van der Waals surface area contributed by atoms with E-state index in [-0.39, 0.29) is 11.3 Å². The highest BCUT2D eigenvalue weighted by atomic mass is 14.3. The van der Waals surface area contributed by atoms with Gasteiger partial charge in [0.2, 0.25) is 0 Å². The standard InChI is InChI=1S/C14H21N/c1-5-6-12(10-15)13-7-11(2)8-14(3,4)9-13/h7,9,12H,5-6,8H2,1-4H3. The quantitative estimate of drug-likeness (QED) is 0.673. The lowest BCUT2D eigenvalue weighted by atomic mass is 9.77. The van der Waals surface area contributed by atoms with Gasteiger partial charge in [-0.1, -0.05) is 44.9 Å². The molecule has 0 aromatic heterocycles. The van der Waals surface area contributed by atoms with Gasteiger partial charge in [0.15, 0.2) is 0 Å². The van der Waals surface area contributed by atoms with Crippen LogP contribution < -0.4 is 0 Å². The number of rotatable bonds is 3. The largest absolute Gasteiger partial charge is 0.198 e. The van der Waals surface area contributed by atoms with Gasteiger partial charge in [-0.05, 0) is 30.8 Å². The van der Waals surface area contributed by atoms with Gasteiger partial charge in [-0.3, -0.25) is 0 Å². The van der Waals surface area contributed by atoms with Crippen molar-refractivity contribution >= 4 is 0 Å². The van der Waals surface area contributed by atoms with Crippen LogP contribution in [0.5, 0.6) is 0 Å². The molecule has 15 heavy (non-hydrogen) atoms. The van der Waals surface area contributed by atoms with Gasteiger partial charge in [-0.15, -0.1) is 0 Å². The Morgan fingerprint density at radius 3 is 2.67 bits per heavy atom. The molecular weight excluding hydrogens is 182 g/mol. The van der Waals surface area contributed by atoms with E-state index in [1.807, 2.05) is 0 Å². The first kappa shape index (κ1) is 12.0. The molecule has 0 saturated carbocycles. The molecule has 1 aliphatic carbocycles. The Kier molecular flexibility index (Phi) is 3.74. The van der Waals surface area contributed by atoms with Crippen LogP contribution >= 0.6 is 0 Å². The summed E-state index contributed by atoms with van der Waals surface area (Å²) in [5.74, 6) is 0.0875. The van der Waals surface area contributed by atoms with Crippen LogP contribution in [0, 0.1) is 22.7 Å². The number of hydrogen-bond donors (Lipinski definition) is 0. The van der Waals surface area contributed by atoms with Gasteiger partial charge in [-0.2, -0.15) is 5.26 Å². The molecule has 1 nitrogen and oxygen atoms in total. The second kappa shape index (κ2) is 4.66. The zero-order valence-corrected chi connectivity index (χ0v) is 10.3. The van der Waals surface area contributed by atoms with Crippen molar-refractivity contribution in [1.29, 1.82) is 5.26 Å². The van der Waals surface area contributed by atoms with Gasteiger partial charge in [-0.25, -0.2) is 0 Å². The minimum absolute atomic E-state index is 0.0875. The highest BCUT2D eigenvalue weighted by Crippen LogP contribution is 2.36. The minimum atomic E-state index is 0.0875. The third-order valence-corrected chi connectivity index (χ3v) is 2.84. The summed E-state index contributed by atoms with van der Waals surface area (Å²) in [5, 5.41) is 9.15. The van der Waals surface area contributed by atoms with E-state index >= 15 is 0 Å². The van der Waals surface area contributed by atoms with Crippen LogP contribution in [0.15, 0.2) is 23.3 Å². The molecule has 1 rings (SSSR count). The summed E-state index contributed by atoms with van der Waals surface area (Å²) < 4.78 is 0. The molecule has 0 aliphatic heterocycles. The Bertz CT molecular complexity index is 326. The minimum Gasteiger partial charge on any atom is -0.198 e. The molecule has 0 aromatic rings. The van der Waals surface area contributed by atoms with E-state index in [1.54, 1.807) is 0 Å². The number of hydrogen-bond acceptors (Lipinski definition) is 1. The van der Waals surface area contributed by atoms with Gasteiger partial charge in [0.25, 0.3) is 0 Å². The summed E-state index contributed by atoms with van der Waals surface area (Å²) in [6.07, 6.45) is 7.64. The summed E-state index contributed by atoms with van der Waals surface area (Å²) in [5.41, 5.74) is 2.85. The van der Waals surface area contributed by atoms with Crippen molar-refractivity contribution in [2.45, 2.75) is 47.0 Å². The Hall–Kier alpha value is -1.03. The van der Waals surface area contributed by atoms with Crippen LogP contribution in [0.3, 0.4) is 0 Å². The third-order valence-electron chi connectivity index (χ3n) is 2.84. The molecule has 1 unspecified atom stereocenters. The smallest absolute Gasteiger partial charge is 0.0709 e. The molecule has 1 atom stereocenters. The van der Waals surface area contributed by atoms with Crippen LogP contribution in [-0.2, 0) is 0 Å². The first-order chi connectivity index (χ1) is 6.98. The van der Waals surface area contributed by atoms with E-state index in [4.69, 9.17) is 5.26 Å². The Labute approximate surface area is 93.5 Å². The second-order valence-electron chi connectivity index (χ2n) is 5.27. The molecule has 0 heterocycles. The molecule has 1 heteroatoms. The zero-order valence-electron chi connectivity index (χ0n) is 10.3. The average Bonchev–Trinajstić information content (AvgIpc) is 2.10. The topological polar surface area (TPSA) is 23.8 Å². The van der Waals surface area contributed by atoms with Crippen molar-refractivity contribution in [1.82, 2.24) is 0 Å². The van der Waals surface area contributed by atoms with Crippen LogP contribution in [0.1, 0.15) is 47.0 Å². The number of nitriles is 1. The van der Waals surface area contributed by atoms with Crippen LogP contribution in [0.2, 0.25) is 0 Å². The van der Waals surface area contributed by atoms with Gasteiger partial charge in [0.05, 0.1) is 12.0 Å². The fraction of sp³-hybridized carbons (Fsp3) is 0.643. The van der Waals surface area contributed by atoms with E-state index in [1.165, 1.54) is 11.1 Å². The number of nitrogens with zero attached hydrogens (tertiary/aromatic N) is 1. The SMILES string of the molecule is CCCC(C#N)C1=CC(C)(C)CC(C)=C1. The fourth-order valence-corrected chi connectivity index (χ4v) is 2.39. The highest BCUT2D eigenvalue weighted by Gasteiger charge is 2.23. The Morgan fingerprint density at radius 2 is 2.20 bits per heavy atom. The average molecular weight is 203 g/mol. The molecule has 1 aliphatic rings. The lowest BCUT2D eigenvalue weighted by molar-refractivity contribution is 0.459. The molecule has 82 valence electrons. The predicted octanol–water partition coefficient (Wildman–Crippen LogP) is 4.23. The molecule has 0 aromatic carbocycles. The lowest BCUT2D eigenvalue weighted by Crippen LogP contribution is -2.15. The van der Waals surface area contributed by atoms with Crippen LogP contribution in [-0.4, -0.2) is 0 Å². The molecule has 0 bridgehead atoms. The molecule has 0 saturated heterocycles. The maximum Gasteiger partial charge on any atom is 0.0709 e. The molecule has 0 fully saturated rings. The van der Waals surface area contributed by atoms with Gasteiger partial charge < -0.3 is 0 Å². The van der Waals surface area contributed by atoms with Crippen LogP contribution in [0.4, 0.5) is 0 Å². The van der Waals surface area contributed by atoms with Crippen LogP contribution in [0.25, 0.3) is 0 Å². The fourth-order valence-electron chi connectivity index (χ4n) is 2.39. The maximum atomic E-state index is 9.15. The molecule has 0 N–H and O–H groups in total. The molecule has 0 radical (unpaired) electrons. The summed E-state index contributed by atoms with van der Waals surface area (Å²) >= 11 is 0. The van der Waals surface area contributed by atoms with Crippen molar-refractivity contribution in [3.63, 3.8) is 0 Å². The summed E-state index contributed by atoms with van der Waals surface area (Å²) in [4.78, 5) is 0. The van der Waals surface area contributed by atoms with Crippen molar-refractivity contribution < 1.29 is 0 Å². The molecular formula is C14H21N. The van der Waals surface area contributed by atoms with Gasteiger partial charge in [0.1, 0.15) is 0 Å². The highest BCUT2D eigenvalue weighted by molar-refractivity contribution is 5.35. The van der Waals surface area contributed by atoms with Gasteiger partial charge >= 0.3 is 0 Å². The van der Waals surface area contributed by atoms with E-state index in [0.717, 1.165) is 19.3 Å². The Balaban J connectivity index is 2.93. The third kappa shape index (κ3) is 3.23. The Morgan fingerprint density at radius 1 is 1.53 bits per heavy atom. The van der Waals surface area contributed by atoms with Crippen molar-refractivity contribution in [3.05, 3.63) is 23.3 Å². The first-order valence-corrected chi connectivity index (χ1v) is 5.78.